The van der Waals surface area contributed by atoms with Gasteiger partial charge in [0, 0.05) is 6.54 Å². The van der Waals surface area contributed by atoms with E-state index < -0.39 is 11.9 Å². The molecule has 1 unspecified atom stereocenters. The van der Waals surface area contributed by atoms with Crippen molar-refractivity contribution in [1.82, 2.24) is 14.7 Å². The highest BCUT2D eigenvalue weighted by Crippen LogP contribution is 2.23. The molecule has 0 aliphatic rings. The lowest BCUT2D eigenvalue weighted by Crippen LogP contribution is -2.22. The van der Waals surface area contributed by atoms with Gasteiger partial charge in [-0.25, -0.2) is 9.07 Å². The zero-order valence-corrected chi connectivity index (χ0v) is 16.4. The molecule has 27 heavy (non-hydrogen) atoms. The van der Waals surface area contributed by atoms with E-state index in [0.29, 0.717) is 12.6 Å². The highest BCUT2D eigenvalue weighted by atomic mass is 32.1. The Morgan fingerprint density at radius 2 is 1.93 bits per heavy atom. The number of hydrogen-bond acceptors (Lipinski definition) is 5. The van der Waals surface area contributed by atoms with Gasteiger partial charge in [-0.1, -0.05) is 42.0 Å². The number of halogens is 1. The summed E-state index contributed by atoms with van der Waals surface area (Å²) in [7, 11) is 1.98. The SMILES string of the molecule is Cc1ccc(CN(C)Cn2nc(C(C)Oc3ccccc3F)oc2=S)cc1. The number of nitrogens with zero attached hydrogens (tertiary/aromatic N) is 3. The van der Waals surface area contributed by atoms with Crippen molar-refractivity contribution >= 4 is 12.2 Å². The second kappa shape index (κ2) is 8.45. The number of para-hydroxylation sites is 1. The standard InChI is InChI=1S/C20H22FN3O2S/c1-14-8-10-16(11-9-14)12-23(3)13-24-20(27)26-19(22-24)15(2)25-18-7-5-4-6-17(18)21/h4-11,15H,12-13H2,1-3H3. The predicted octanol–water partition coefficient (Wildman–Crippen LogP) is 4.88. The summed E-state index contributed by atoms with van der Waals surface area (Å²) in [6.07, 6.45) is -0.563. The summed E-state index contributed by atoms with van der Waals surface area (Å²) in [5, 5.41) is 4.39. The number of rotatable bonds is 7. The lowest BCUT2D eigenvalue weighted by atomic mass is 10.1. The van der Waals surface area contributed by atoms with Gasteiger partial charge < -0.3 is 9.15 Å². The van der Waals surface area contributed by atoms with Crippen molar-refractivity contribution < 1.29 is 13.5 Å². The van der Waals surface area contributed by atoms with Crippen molar-refractivity contribution in [2.45, 2.75) is 33.2 Å². The van der Waals surface area contributed by atoms with Crippen molar-refractivity contribution in [1.29, 1.82) is 0 Å². The highest BCUT2D eigenvalue weighted by molar-refractivity contribution is 7.71. The third-order valence-electron chi connectivity index (χ3n) is 4.06. The van der Waals surface area contributed by atoms with Gasteiger partial charge >= 0.3 is 0 Å². The molecule has 0 saturated heterocycles. The smallest absolute Gasteiger partial charge is 0.288 e. The second-order valence-electron chi connectivity index (χ2n) is 6.54. The first-order chi connectivity index (χ1) is 12.9. The zero-order valence-electron chi connectivity index (χ0n) is 15.6. The summed E-state index contributed by atoms with van der Waals surface area (Å²) >= 11 is 5.26. The highest BCUT2D eigenvalue weighted by Gasteiger charge is 2.17. The fourth-order valence-electron chi connectivity index (χ4n) is 2.64. The zero-order chi connectivity index (χ0) is 19.4. The Bertz CT molecular complexity index is 952. The topological polar surface area (TPSA) is 43.4 Å². The third kappa shape index (κ3) is 5.02. The average Bonchev–Trinajstić information content (AvgIpc) is 2.99. The van der Waals surface area contributed by atoms with Gasteiger partial charge in [0.05, 0.1) is 6.67 Å². The minimum absolute atomic E-state index is 0.150. The summed E-state index contributed by atoms with van der Waals surface area (Å²) < 4.78 is 26.5. The Kier molecular flexibility index (Phi) is 6.03. The molecular weight excluding hydrogens is 365 g/mol. The molecule has 0 spiro atoms. The summed E-state index contributed by atoms with van der Waals surface area (Å²) in [4.78, 5) is 2.33. The van der Waals surface area contributed by atoms with E-state index in [-0.39, 0.29) is 10.6 Å². The maximum Gasteiger partial charge on any atom is 0.288 e. The van der Waals surface area contributed by atoms with Gasteiger partial charge in [0.15, 0.2) is 17.7 Å². The molecule has 0 amide bonds. The second-order valence-corrected chi connectivity index (χ2v) is 6.89. The molecule has 0 aliphatic heterocycles. The molecule has 5 nitrogen and oxygen atoms in total. The van der Waals surface area contributed by atoms with E-state index in [1.165, 1.54) is 17.2 Å². The first-order valence-corrected chi connectivity index (χ1v) is 9.06. The van der Waals surface area contributed by atoms with Crippen molar-refractivity contribution in [3.63, 3.8) is 0 Å². The number of aryl methyl sites for hydroxylation is 1. The van der Waals surface area contributed by atoms with Crippen LogP contribution < -0.4 is 4.74 Å². The monoisotopic (exact) mass is 387 g/mol. The molecule has 0 saturated carbocycles. The minimum atomic E-state index is -0.563. The molecule has 0 bridgehead atoms. The van der Waals surface area contributed by atoms with Crippen LogP contribution >= 0.6 is 12.2 Å². The third-order valence-corrected chi connectivity index (χ3v) is 4.35. The van der Waals surface area contributed by atoms with Gasteiger partial charge in [0.2, 0.25) is 0 Å². The van der Waals surface area contributed by atoms with E-state index in [1.807, 2.05) is 7.05 Å². The van der Waals surface area contributed by atoms with Crippen LogP contribution in [0.15, 0.2) is 52.9 Å². The molecule has 2 aromatic carbocycles. The largest absolute Gasteiger partial charge is 0.478 e. The number of hydrogen-bond donors (Lipinski definition) is 0. The van der Waals surface area contributed by atoms with Crippen LogP contribution in [0.3, 0.4) is 0 Å². The summed E-state index contributed by atoms with van der Waals surface area (Å²) in [6.45, 7) is 5.04. The van der Waals surface area contributed by atoms with Gasteiger partial charge in [-0.3, -0.25) is 4.90 Å². The minimum Gasteiger partial charge on any atom is -0.478 e. The van der Waals surface area contributed by atoms with Crippen LogP contribution in [-0.2, 0) is 13.2 Å². The van der Waals surface area contributed by atoms with E-state index in [4.69, 9.17) is 21.4 Å². The van der Waals surface area contributed by atoms with Crippen LogP contribution in [0.5, 0.6) is 5.75 Å². The Morgan fingerprint density at radius 3 is 2.63 bits per heavy atom. The molecule has 3 rings (SSSR count). The van der Waals surface area contributed by atoms with Crippen LogP contribution in [-0.4, -0.2) is 21.7 Å². The van der Waals surface area contributed by atoms with Crippen LogP contribution in [0.4, 0.5) is 4.39 Å². The first-order valence-electron chi connectivity index (χ1n) is 8.65. The molecule has 0 aliphatic carbocycles. The molecule has 3 aromatic rings. The lowest BCUT2D eigenvalue weighted by molar-refractivity contribution is 0.179. The number of benzene rings is 2. The van der Waals surface area contributed by atoms with Crippen LogP contribution in [0.1, 0.15) is 30.0 Å². The van der Waals surface area contributed by atoms with E-state index in [0.717, 1.165) is 6.54 Å². The molecule has 0 N–H and O–H groups in total. The quantitative estimate of drug-likeness (QED) is 0.541. The molecular formula is C20H22FN3O2S. The van der Waals surface area contributed by atoms with Gasteiger partial charge in [-0.2, -0.15) is 0 Å². The van der Waals surface area contributed by atoms with Gasteiger partial charge in [0.1, 0.15) is 0 Å². The van der Waals surface area contributed by atoms with E-state index in [2.05, 4.69) is 41.2 Å². The van der Waals surface area contributed by atoms with Crippen LogP contribution in [0.2, 0.25) is 0 Å². The van der Waals surface area contributed by atoms with E-state index in [1.54, 1.807) is 29.8 Å². The van der Waals surface area contributed by atoms with Crippen LogP contribution in [0.25, 0.3) is 0 Å². The predicted molar refractivity (Wildman–Crippen MR) is 103 cm³/mol. The van der Waals surface area contributed by atoms with Crippen molar-refractivity contribution in [3.8, 4) is 5.75 Å². The van der Waals surface area contributed by atoms with Crippen molar-refractivity contribution in [2.75, 3.05) is 7.05 Å². The molecule has 7 heteroatoms. The molecule has 0 fully saturated rings. The Labute approximate surface area is 163 Å². The molecule has 1 heterocycles. The molecule has 142 valence electrons. The lowest BCUT2D eigenvalue weighted by Gasteiger charge is -2.16. The summed E-state index contributed by atoms with van der Waals surface area (Å²) in [5.41, 5.74) is 2.43. The van der Waals surface area contributed by atoms with Gasteiger partial charge in [0.25, 0.3) is 10.7 Å². The summed E-state index contributed by atoms with van der Waals surface area (Å²) in [6, 6.07) is 14.6. The maximum atomic E-state index is 13.7. The Morgan fingerprint density at radius 1 is 1.22 bits per heavy atom. The average molecular weight is 387 g/mol. The fraction of sp³-hybridized carbons (Fsp3) is 0.300. The van der Waals surface area contributed by atoms with Crippen LogP contribution in [0, 0.1) is 17.6 Å². The van der Waals surface area contributed by atoms with Gasteiger partial charge in [-0.15, -0.1) is 5.10 Å². The normalized spacial score (nSPS) is 12.3. The Hall–Kier alpha value is -2.51. The molecule has 1 aromatic heterocycles. The van der Waals surface area contributed by atoms with Crippen molar-refractivity contribution in [2.24, 2.45) is 0 Å². The summed E-state index contributed by atoms with van der Waals surface area (Å²) in [5.74, 6) is 0.0318. The maximum absolute atomic E-state index is 13.7. The number of aromatic nitrogens is 2. The fourth-order valence-corrected chi connectivity index (χ4v) is 2.82. The van der Waals surface area contributed by atoms with Gasteiger partial charge in [-0.05, 0) is 50.8 Å². The number of ether oxygens (including phenoxy) is 1. The van der Waals surface area contributed by atoms with E-state index in [9.17, 15) is 4.39 Å². The van der Waals surface area contributed by atoms with Crippen molar-refractivity contribution in [3.05, 3.63) is 76.2 Å². The Balaban J connectivity index is 1.65. The molecule has 1 atom stereocenters. The van der Waals surface area contributed by atoms with E-state index >= 15 is 0 Å². The first kappa shape index (κ1) is 19.3. The molecule has 0 radical (unpaired) electrons.